The van der Waals surface area contributed by atoms with E-state index in [1.807, 2.05) is 0 Å². The first-order valence-corrected chi connectivity index (χ1v) is 12.7. The molecule has 0 radical (unpaired) electrons. The highest BCUT2D eigenvalue weighted by Crippen LogP contribution is 2.41. The maximum Gasteiger partial charge on any atom is 0.432 e. The third-order valence-electron chi connectivity index (χ3n) is 6.97. The lowest BCUT2D eigenvalue weighted by Crippen LogP contribution is -2.26. The second kappa shape index (κ2) is 12.4. The predicted octanol–water partition coefficient (Wildman–Crippen LogP) is 9.18. The van der Waals surface area contributed by atoms with Crippen molar-refractivity contribution in [3.63, 3.8) is 0 Å². The summed E-state index contributed by atoms with van der Waals surface area (Å²) in [5, 5.41) is 0. The maximum absolute atomic E-state index is 14.9. The zero-order chi connectivity index (χ0) is 29.0. The van der Waals surface area contributed by atoms with Crippen LogP contribution in [0.5, 0.6) is 5.75 Å². The van der Waals surface area contributed by atoms with E-state index in [1.165, 1.54) is 0 Å². The summed E-state index contributed by atoms with van der Waals surface area (Å²) in [6, 6.07) is 4.95. The molecule has 0 saturated heterocycles. The van der Waals surface area contributed by atoms with Crippen molar-refractivity contribution in [2.24, 2.45) is 5.92 Å². The van der Waals surface area contributed by atoms with Gasteiger partial charge >= 0.3 is 6.11 Å². The van der Waals surface area contributed by atoms with Crippen molar-refractivity contribution in [1.29, 1.82) is 0 Å². The molecule has 0 N–H and O–H groups in total. The largest absolute Gasteiger partial charge is 0.432 e. The smallest absolute Gasteiger partial charge is 0.429 e. The lowest BCUT2D eigenvalue weighted by molar-refractivity contribution is -0.189. The number of halogens is 8. The van der Waals surface area contributed by atoms with Gasteiger partial charge in [0.1, 0.15) is 28.8 Å². The molecule has 0 amide bonds. The number of alkyl halides is 2. The Morgan fingerprint density at radius 1 is 0.800 bits per heavy atom. The van der Waals surface area contributed by atoms with Crippen molar-refractivity contribution >= 4 is 0 Å². The molecular weight excluding hydrogens is 544 g/mol. The Morgan fingerprint density at radius 3 is 2.00 bits per heavy atom. The average molecular weight is 571 g/mol. The minimum atomic E-state index is -4.52. The van der Waals surface area contributed by atoms with Crippen LogP contribution in [-0.4, -0.2) is 13.2 Å². The number of hydrogen-bond donors (Lipinski definition) is 0. The molecule has 214 valence electrons. The van der Waals surface area contributed by atoms with E-state index in [0.29, 0.717) is 50.2 Å². The number of rotatable bonds is 10. The molecule has 1 saturated carbocycles. The van der Waals surface area contributed by atoms with E-state index >= 15 is 0 Å². The third-order valence-corrected chi connectivity index (χ3v) is 6.97. The Bertz CT molecular complexity index is 1320. The SMILES string of the molecule is C=CCCOCC1CCC(c2cc(F)c(C(F)(F)Oc3ccc(-c4cc(F)c(F)c(F)c4)c(F)c3)c(F)c2)CC1. The standard InChI is InChI=1S/C30H26F8O2/c1-2-3-10-39-16-17-4-6-18(7-5-17)19-11-24(32)28(25(33)12-19)30(37,38)40-21-8-9-22(23(31)15-21)20-13-26(34)29(36)27(35)14-20/h2,8-9,11-15,17-18H,1,3-7,10,16H2. The first-order chi connectivity index (χ1) is 19.0. The van der Waals surface area contributed by atoms with Crippen molar-refractivity contribution in [3.05, 3.63) is 101 Å². The Labute approximate surface area is 226 Å². The minimum Gasteiger partial charge on any atom is -0.429 e. The molecule has 1 fully saturated rings. The molecule has 40 heavy (non-hydrogen) atoms. The highest BCUT2D eigenvalue weighted by Gasteiger charge is 2.41. The van der Waals surface area contributed by atoms with Crippen LogP contribution >= 0.6 is 0 Å². The summed E-state index contributed by atoms with van der Waals surface area (Å²) in [6.45, 7) is 4.77. The van der Waals surface area contributed by atoms with Gasteiger partial charge in [0.2, 0.25) is 0 Å². The van der Waals surface area contributed by atoms with Gasteiger partial charge in [-0.15, -0.1) is 6.58 Å². The quantitative estimate of drug-likeness (QED) is 0.105. The minimum absolute atomic E-state index is 0.209. The number of ether oxygens (including phenoxy) is 2. The first-order valence-electron chi connectivity index (χ1n) is 12.7. The van der Waals surface area contributed by atoms with E-state index in [2.05, 4.69) is 11.3 Å². The van der Waals surface area contributed by atoms with Crippen LogP contribution in [0.25, 0.3) is 11.1 Å². The fraction of sp³-hybridized carbons (Fsp3) is 0.333. The van der Waals surface area contributed by atoms with Gasteiger partial charge < -0.3 is 9.47 Å². The van der Waals surface area contributed by atoms with Crippen molar-refractivity contribution in [2.45, 2.75) is 44.1 Å². The topological polar surface area (TPSA) is 18.5 Å². The highest BCUT2D eigenvalue weighted by atomic mass is 19.3. The van der Waals surface area contributed by atoms with Crippen molar-refractivity contribution in [2.75, 3.05) is 13.2 Å². The van der Waals surface area contributed by atoms with E-state index in [0.717, 1.165) is 43.5 Å². The summed E-state index contributed by atoms with van der Waals surface area (Å²) >= 11 is 0. The van der Waals surface area contributed by atoms with Gasteiger partial charge in [-0.2, -0.15) is 8.78 Å². The molecule has 0 aliphatic heterocycles. The molecule has 3 aromatic carbocycles. The molecule has 2 nitrogen and oxygen atoms in total. The van der Waals surface area contributed by atoms with Crippen LogP contribution in [0, 0.1) is 40.8 Å². The molecule has 4 rings (SSSR count). The third kappa shape index (κ3) is 6.66. The fourth-order valence-electron chi connectivity index (χ4n) is 4.89. The predicted molar refractivity (Wildman–Crippen MR) is 133 cm³/mol. The van der Waals surface area contributed by atoms with Crippen LogP contribution in [0.1, 0.15) is 49.1 Å². The van der Waals surface area contributed by atoms with E-state index in [1.54, 1.807) is 6.08 Å². The normalized spacial score (nSPS) is 17.6. The molecular formula is C30H26F8O2. The fourth-order valence-corrected chi connectivity index (χ4v) is 4.89. The highest BCUT2D eigenvalue weighted by molar-refractivity contribution is 5.65. The Kier molecular flexibility index (Phi) is 9.18. The van der Waals surface area contributed by atoms with Gasteiger partial charge in [-0.05, 0) is 91.5 Å². The summed E-state index contributed by atoms with van der Waals surface area (Å²) in [5.41, 5.74) is -2.20. The van der Waals surface area contributed by atoms with Gasteiger partial charge in [-0.25, -0.2) is 26.3 Å². The van der Waals surface area contributed by atoms with Crippen LogP contribution < -0.4 is 4.74 Å². The molecule has 1 aliphatic rings. The first kappa shape index (κ1) is 29.6. The molecule has 1 aliphatic carbocycles. The maximum atomic E-state index is 14.9. The van der Waals surface area contributed by atoms with Gasteiger partial charge in [0.15, 0.2) is 17.5 Å². The van der Waals surface area contributed by atoms with Crippen LogP contribution in [0.3, 0.4) is 0 Å². The summed E-state index contributed by atoms with van der Waals surface area (Å²) in [6.07, 6.45) is 0.753. The average Bonchev–Trinajstić information content (AvgIpc) is 2.89. The van der Waals surface area contributed by atoms with E-state index < -0.39 is 63.5 Å². The van der Waals surface area contributed by atoms with Crippen LogP contribution in [0.15, 0.2) is 55.1 Å². The Morgan fingerprint density at radius 2 is 1.43 bits per heavy atom. The van der Waals surface area contributed by atoms with Crippen molar-refractivity contribution in [1.82, 2.24) is 0 Å². The zero-order valence-electron chi connectivity index (χ0n) is 21.3. The molecule has 0 heterocycles. The van der Waals surface area contributed by atoms with Gasteiger partial charge in [0.25, 0.3) is 0 Å². The summed E-state index contributed by atoms with van der Waals surface area (Å²) in [4.78, 5) is 0. The molecule has 10 heteroatoms. The number of benzene rings is 3. The van der Waals surface area contributed by atoms with Gasteiger partial charge in [0, 0.05) is 18.2 Å². The summed E-state index contributed by atoms with van der Waals surface area (Å²) in [5.74, 6) is -9.86. The van der Waals surface area contributed by atoms with Crippen LogP contribution in [0.2, 0.25) is 0 Å². The van der Waals surface area contributed by atoms with Gasteiger partial charge in [0.05, 0.1) is 6.61 Å². The monoisotopic (exact) mass is 570 g/mol. The Hall–Kier alpha value is -3.40. The summed E-state index contributed by atoms with van der Waals surface area (Å²) < 4.78 is 124. The van der Waals surface area contributed by atoms with Crippen LogP contribution in [0.4, 0.5) is 35.1 Å². The molecule has 0 atom stereocenters. The molecule has 0 bridgehead atoms. The molecule has 0 aromatic heterocycles. The second-order valence-corrected chi connectivity index (χ2v) is 9.74. The molecule has 3 aromatic rings. The summed E-state index contributed by atoms with van der Waals surface area (Å²) in [7, 11) is 0. The zero-order valence-corrected chi connectivity index (χ0v) is 21.3. The van der Waals surface area contributed by atoms with Crippen LogP contribution in [-0.2, 0) is 10.8 Å². The Balaban J connectivity index is 1.46. The van der Waals surface area contributed by atoms with E-state index in [-0.39, 0.29) is 11.5 Å². The van der Waals surface area contributed by atoms with E-state index in [9.17, 15) is 35.1 Å². The lowest BCUT2D eigenvalue weighted by atomic mass is 9.79. The molecule has 0 unspecified atom stereocenters. The lowest BCUT2D eigenvalue weighted by Gasteiger charge is -2.29. The molecule has 0 spiro atoms. The number of hydrogen-bond acceptors (Lipinski definition) is 2. The van der Waals surface area contributed by atoms with Gasteiger partial charge in [-0.3, -0.25) is 0 Å². The van der Waals surface area contributed by atoms with Crippen molar-refractivity contribution < 1.29 is 44.6 Å². The van der Waals surface area contributed by atoms with Gasteiger partial charge in [-0.1, -0.05) is 6.08 Å². The van der Waals surface area contributed by atoms with E-state index in [4.69, 9.17) is 4.74 Å². The van der Waals surface area contributed by atoms with Crippen molar-refractivity contribution in [3.8, 4) is 16.9 Å². The second-order valence-electron chi connectivity index (χ2n) is 9.74.